The number of hydrogen-bond acceptors (Lipinski definition) is 4. The summed E-state index contributed by atoms with van der Waals surface area (Å²) in [6, 6.07) is 15.5. The van der Waals surface area contributed by atoms with Crippen LogP contribution in [0.5, 0.6) is 0 Å². The number of benzene rings is 1. The van der Waals surface area contributed by atoms with Gasteiger partial charge in [0.25, 0.3) is 0 Å². The maximum absolute atomic E-state index is 13.1. The Labute approximate surface area is 158 Å². The van der Waals surface area contributed by atoms with E-state index in [2.05, 4.69) is 39.5 Å². The average molecular weight is 362 g/mol. The number of hydrogen-bond donors (Lipinski definition) is 1. The van der Waals surface area contributed by atoms with Crippen LogP contribution in [-0.4, -0.2) is 57.3 Å². The summed E-state index contributed by atoms with van der Waals surface area (Å²) in [7, 11) is 2.09. The third-order valence-electron chi connectivity index (χ3n) is 4.78. The topological polar surface area (TPSA) is 66.3 Å². The quantitative estimate of drug-likeness (QED) is 0.778. The zero-order valence-electron chi connectivity index (χ0n) is 15.2. The van der Waals surface area contributed by atoms with Crippen molar-refractivity contribution in [1.82, 2.24) is 24.6 Å². The number of amides is 2. The highest BCUT2D eigenvalue weighted by Crippen LogP contribution is 2.26. The SMILES string of the molecule is CN1CCN(C(=O)Nc2cccnc2-n2cccn2)C(c2ccccc2)C1. The molecule has 1 aliphatic heterocycles. The van der Waals surface area contributed by atoms with Crippen LogP contribution in [-0.2, 0) is 0 Å². The van der Waals surface area contributed by atoms with Crippen molar-refractivity contribution >= 4 is 11.7 Å². The zero-order valence-corrected chi connectivity index (χ0v) is 15.2. The Balaban J connectivity index is 1.59. The molecule has 4 rings (SSSR count). The van der Waals surface area contributed by atoms with Crippen LogP contribution in [0.3, 0.4) is 0 Å². The number of piperazine rings is 1. The second kappa shape index (κ2) is 7.59. The lowest BCUT2D eigenvalue weighted by molar-refractivity contribution is 0.116. The molecule has 7 nitrogen and oxygen atoms in total. The monoisotopic (exact) mass is 362 g/mol. The van der Waals surface area contributed by atoms with Gasteiger partial charge in [0, 0.05) is 38.2 Å². The van der Waals surface area contributed by atoms with Crippen molar-refractivity contribution in [1.29, 1.82) is 0 Å². The van der Waals surface area contributed by atoms with Gasteiger partial charge in [0.05, 0.1) is 11.7 Å². The first-order valence-corrected chi connectivity index (χ1v) is 8.98. The molecule has 138 valence electrons. The fourth-order valence-corrected chi connectivity index (χ4v) is 3.38. The summed E-state index contributed by atoms with van der Waals surface area (Å²) in [5, 5.41) is 7.25. The first-order valence-electron chi connectivity index (χ1n) is 8.98. The van der Waals surface area contributed by atoms with Crippen molar-refractivity contribution in [3.63, 3.8) is 0 Å². The molecule has 3 heterocycles. The van der Waals surface area contributed by atoms with Crippen LogP contribution in [0.1, 0.15) is 11.6 Å². The summed E-state index contributed by atoms with van der Waals surface area (Å²) in [4.78, 5) is 21.6. The van der Waals surface area contributed by atoms with Gasteiger partial charge in [-0.05, 0) is 30.8 Å². The zero-order chi connectivity index (χ0) is 18.6. The molecular formula is C20H22N6O. The molecule has 2 amide bonds. The van der Waals surface area contributed by atoms with Gasteiger partial charge in [0.2, 0.25) is 0 Å². The van der Waals surface area contributed by atoms with Crippen molar-refractivity contribution in [2.75, 3.05) is 32.0 Å². The fraction of sp³-hybridized carbons (Fsp3) is 0.250. The fourth-order valence-electron chi connectivity index (χ4n) is 3.38. The number of anilines is 1. The second-order valence-electron chi connectivity index (χ2n) is 6.64. The van der Waals surface area contributed by atoms with Gasteiger partial charge in [-0.15, -0.1) is 0 Å². The van der Waals surface area contributed by atoms with Gasteiger partial charge >= 0.3 is 6.03 Å². The molecule has 0 aliphatic carbocycles. The molecule has 0 spiro atoms. The van der Waals surface area contributed by atoms with E-state index < -0.39 is 0 Å². The van der Waals surface area contributed by atoms with E-state index >= 15 is 0 Å². The summed E-state index contributed by atoms with van der Waals surface area (Å²) in [6.45, 7) is 2.31. The summed E-state index contributed by atoms with van der Waals surface area (Å²) in [5.74, 6) is 0.598. The normalized spacial score (nSPS) is 17.7. The van der Waals surface area contributed by atoms with Crippen molar-refractivity contribution in [3.8, 4) is 5.82 Å². The van der Waals surface area contributed by atoms with E-state index in [1.807, 2.05) is 35.2 Å². The molecule has 7 heteroatoms. The van der Waals surface area contributed by atoms with Crippen LogP contribution in [0.4, 0.5) is 10.5 Å². The van der Waals surface area contributed by atoms with Crippen LogP contribution in [0.2, 0.25) is 0 Å². The Morgan fingerprint density at radius 1 is 1.07 bits per heavy atom. The molecular weight excluding hydrogens is 340 g/mol. The predicted octanol–water partition coefficient (Wildman–Crippen LogP) is 2.79. The summed E-state index contributed by atoms with van der Waals surface area (Å²) in [5.41, 5.74) is 1.77. The molecule has 3 aromatic rings. The first kappa shape index (κ1) is 17.2. The maximum Gasteiger partial charge on any atom is 0.322 e. The van der Waals surface area contributed by atoms with Gasteiger partial charge in [-0.1, -0.05) is 30.3 Å². The summed E-state index contributed by atoms with van der Waals surface area (Å²) in [6.07, 6.45) is 5.18. The average Bonchev–Trinajstić information content (AvgIpc) is 3.23. The third-order valence-corrected chi connectivity index (χ3v) is 4.78. The summed E-state index contributed by atoms with van der Waals surface area (Å²) < 4.78 is 1.65. The molecule has 27 heavy (non-hydrogen) atoms. The maximum atomic E-state index is 13.1. The largest absolute Gasteiger partial charge is 0.322 e. The van der Waals surface area contributed by atoms with Crippen LogP contribution >= 0.6 is 0 Å². The van der Waals surface area contributed by atoms with Crippen LogP contribution in [0.25, 0.3) is 5.82 Å². The Hall–Kier alpha value is -3.19. The first-order chi connectivity index (χ1) is 13.2. The van der Waals surface area contributed by atoms with E-state index in [1.165, 1.54) is 0 Å². The minimum atomic E-state index is -0.127. The number of rotatable bonds is 3. The number of carbonyl (C=O) groups excluding carboxylic acids is 1. The van der Waals surface area contributed by atoms with E-state index in [4.69, 9.17) is 0 Å². The Morgan fingerprint density at radius 2 is 1.93 bits per heavy atom. The van der Waals surface area contributed by atoms with Gasteiger partial charge in [0.15, 0.2) is 5.82 Å². The highest BCUT2D eigenvalue weighted by atomic mass is 16.2. The Morgan fingerprint density at radius 3 is 2.70 bits per heavy atom. The number of nitrogens with zero attached hydrogens (tertiary/aromatic N) is 5. The highest BCUT2D eigenvalue weighted by Gasteiger charge is 2.30. The molecule has 1 aromatic carbocycles. The molecule has 0 bridgehead atoms. The lowest BCUT2D eigenvalue weighted by atomic mass is 10.0. The molecule has 1 unspecified atom stereocenters. The second-order valence-corrected chi connectivity index (χ2v) is 6.64. The molecule has 1 aliphatic rings. The van der Waals surface area contributed by atoms with Gasteiger partial charge in [-0.2, -0.15) is 5.10 Å². The molecule has 0 saturated carbocycles. The van der Waals surface area contributed by atoms with Gasteiger partial charge < -0.3 is 15.1 Å². The molecule has 0 radical (unpaired) electrons. The molecule has 1 atom stereocenters. The molecule has 1 saturated heterocycles. The minimum Gasteiger partial charge on any atom is -0.315 e. The van der Waals surface area contributed by atoms with Crippen molar-refractivity contribution in [3.05, 3.63) is 72.7 Å². The highest BCUT2D eigenvalue weighted by molar-refractivity contribution is 5.91. The third kappa shape index (κ3) is 3.68. The number of urea groups is 1. The molecule has 2 aromatic heterocycles. The number of carbonyl (C=O) groups is 1. The standard InChI is InChI=1S/C20H22N6O/c1-24-13-14-25(18(15-24)16-7-3-2-4-8-16)20(27)23-17-9-5-10-21-19(17)26-12-6-11-22-26/h2-12,18H,13-15H2,1H3,(H,23,27). The van der Waals surface area contributed by atoms with Gasteiger partial charge in [-0.3, -0.25) is 0 Å². The van der Waals surface area contributed by atoms with E-state index in [0.29, 0.717) is 18.1 Å². The Kier molecular flexibility index (Phi) is 4.84. The smallest absolute Gasteiger partial charge is 0.315 e. The minimum absolute atomic E-state index is 0.00905. The molecule has 1 fully saturated rings. The van der Waals surface area contributed by atoms with Crippen molar-refractivity contribution in [2.24, 2.45) is 0 Å². The predicted molar refractivity (Wildman–Crippen MR) is 104 cm³/mol. The lowest BCUT2D eigenvalue weighted by Gasteiger charge is -2.40. The lowest BCUT2D eigenvalue weighted by Crippen LogP contribution is -2.50. The van der Waals surface area contributed by atoms with Crippen LogP contribution < -0.4 is 5.32 Å². The number of aromatic nitrogens is 3. The molecule has 1 N–H and O–H groups in total. The van der Waals surface area contributed by atoms with E-state index in [-0.39, 0.29) is 12.1 Å². The van der Waals surface area contributed by atoms with E-state index in [1.54, 1.807) is 29.3 Å². The van der Waals surface area contributed by atoms with Gasteiger partial charge in [-0.25, -0.2) is 14.5 Å². The summed E-state index contributed by atoms with van der Waals surface area (Å²) >= 11 is 0. The van der Waals surface area contributed by atoms with Crippen molar-refractivity contribution in [2.45, 2.75) is 6.04 Å². The number of pyridine rings is 1. The van der Waals surface area contributed by atoms with E-state index in [0.717, 1.165) is 18.7 Å². The number of nitrogens with one attached hydrogen (secondary N) is 1. The Bertz CT molecular complexity index is 896. The van der Waals surface area contributed by atoms with Crippen LogP contribution in [0.15, 0.2) is 67.1 Å². The number of likely N-dealkylation sites (N-methyl/N-ethyl adjacent to an activating group) is 1. The van der Waals surface area contributed by atoms with Gasteiger partial charge in [0.1, 0.15) is 0 Å². The van der Waals surface area contributed by atoms with Crippen molar-refractivity contribution < 1.29 is 4.79 Å². The van der Waals surface area contributed by atoms with E-state index in [9.17, 15) is 4.79 Å². The van der Waals surface area contributed by atoms with Crippen LogP contribution in [0, 0.1) is 0 Å².